The van der Waals surface area contributed by atoms with Gasteiger partial charge in [-0.2, -0.15) is 0 Å². The van der Waals surface area contributed by atoms with Crippen LogP contribution in [-0.2, 0) is 18.9 Å². The van der Waals surface area contributed by atoms with Crippen LogP contribution in [0.2, 0.25) is 0 Å². The molecule has 0 radical (unpaired) electrons. The van der Waals surface area contributed by atoms with Gasteiger partial charge in [-0.15, -0.1) is 0 Å². The van der Waals surface area contributed by atoms with E-state index in [1.54, 1.807) is 0 Å². The first-order valence-corrected chi connectivity index (χ1v) is 6.51. The molecule has 0 amide bonds. The van der Waals surface area contributed by atoms with Gasteiger partial charge >= 0.3 is 0 Å². The zero-order valence-electron chi connectivity index (χ0n) is 11.4. The third-order valence-electron chi connectivity index (χ3n) is 3.30. The summed E-state index contributed by atoms with van der Waals surface area (Å²) in [6.07, 6.45) is 0.420. The van der Waals surface area contributed by atoms with Gasteiger partial charge in [0.2, 0.25) is 0 Å². The minimum Gasteiger partial charge on any atom is -0.376 e. The molecule has 17 heavy (non-hydrogen) atoms. The van der Waals surface area contributed by atoms with E-state index < -0.39 is 5.60 Å². The summed E-state index contributed by atoms with van der Waals surface area (Å²) in [5, 5.41) is 0. The monoisotopic (exact) mass is 242 g/mol. The number of hydrogen-bond acceptors (Lipinski definition) is 4. The maximum Gasteiger partial charge on any atom is 0.143 e. The molecule has 2 heterocycles. The minimum atomic E-state index is -0.404. The molecule has 4 atom stereocenters. The molecule has 2 rings (SSSR count). The second-order valence-corrected chi connectivity index (χ2v) is 5.63. The molecule has 2 bridgehead atoms. The van der Waals surface area contributed by atoms with Gasteiger partial charge in [0.1, 0.15) is 25.7 Å². The molecular weight excluding hydrogens is 219 g/mol. The lowest BCUT2D eigenvalue weighted by molar-refractivity contribution is -0.161. The normalized spacial score (nSPS) is 40.7. The van der Waals surface area contributed by atoms with Crippen molar-refractivity contribution in [2.75, 3.05) is 13.2 Å². The van der Waals surface area contributed by atoms with Gasteiger partial charge in [0.15, 0.2) is 0 Å². The molecule has 0 aromatic carbocycles. The number of rotatable bonds is 5. The molecule has 1 unspecified atom stereocenters. The predicted molar refractivity (Wildman–Crippen MR) is 67.0 cm³/mol. The van der Waals surface area contributed by atoms with E-state index in [2.05, 4.69) is 0 Å². The molecule has 2 aliphatic heterocycles. The molecule has 0 N–H and O–H groups in total. The summed E-state index contributed by atoms with van der Waals surface area (Å²) >= 11 is 0. The largest absolute Gasteiger partial charge is 0.376 e. The summed E-state index contributed by atoms with van der Waals surface area (Å²) in [4.78, 5) is 0. The van der Waals surface area contributed by atoms with Crippen molar-refractivity contribution in [1.29, 1.82) is 0 Å². The quantitative estimate of drug-likeness (QED) is 0.651. The van der Waals surface area contributed by atoms with Gasteiger partial charge in [0, 0.05) is 0 Å². The van der Waals surface area contributed by atoms with E-state index >= 15 is 0 Å². The molecule has 0 saturated carbocycles. The summed E-state index contributed by atoms with van der Waals surface area (Å²) < 4.78 is 23.5. The maximum atomic E-state index is 6.04. The van der Waals surface area contributed by atoms with Crippen molar-refractivity contribution in [3.05, 3.63) is 0 Å². The zero-order valence-corrected chi connectivity index (χ0v) is 11.4. The Morgan fingerprint density at radius 2 is 2.00 bits per heavy atom. The molecule has 5 heteroatoms. The lowest BCUT2D eigenvalue weighted by Gasteiger charge is -2.31. The van der Waals surface area contributed by atoms with Crippen LogP contribution in [0.3, 0.4) is 0 Å². The summed E-state index contributed by atoms with van der Waals surface area (Å²) in [5.41, 5.74) is -0.404. The Balaban J connectivity index is 2.07. The smallest absolute Gasteiger partial charge is 0.143 e. The Hall–Kier alpha value is -0.0951. The van der Waals surface area contributed by atoms with E-state index in [9.17, 15) is 0 Å². The van der Waals surface area contributed by atoms with Gasteiger partial charge in [0.25, 0.3) is 0 Å². The van der Waals surface area contributed by atoms with Crippen molar-refractivity contribution >= 4 is 7.85 Å². The summed E-state index contributed by atoms with van der Waals surface area (Å²) in [6, 6.07) is 0.0864. The third-order valence-corrected chi connectivity index (χ3v) is 3.30. The van der Waals surface area contributed by atoms with Crippen molar-refractivity contribution in [1.82, 2.24) is 0 Å². The van der Waals surface area contributed by atoms with E-state index in [-0.39, 0.29) is 30.4 Å². The standard InChI is InChI=1S/C12H23BO4/c1-7(2)14-5-12-6-15-9(11(13)17-12)10(12)16-8(3)4/h7-11H,5-6,13H2,1-4H3/t9-,10?,11+,12+/m0/s1. The highest BCUT2D eigenvalue weighted by Gasteiger charge is 2.61. The third kappa shape index (κ3) is 2.52. The van der Waals surface area contributed by atoms with Crippen LogP contribution in [0.25, 0.3) is 0 Å². The molecule has 0 aromatic rings. The first-order valence-electron chi connectivity index (χ1n) is 6.51. The van der Waals surface area contributed by atoms with E-state index in [1.807, 2.05) is 35.5 Å². The first-order chi connectivity index (χ1) is 7.94. The van der Waals surface area contributed by atoms with Crippen LogP contribution in [0.4, 0.5) is 0 Å². The molecule has 0 spiro atoms. The second kappa shape index (κ2) is 4.88. The van der Waals surface area contributed by atoms with Crippen LogP contribution in [0.5, 0.6) is 0 Å². The van der Waals surface area contributed by atoms with Crippen LogP contribution >= 0.6 is 0 Å². The van der Waals surface area contributed by atoms with Crippen molar-refractivity contribution in [2.45, 2.75) is 63.7 Å². The molecule has 4 nitrogen and oxygen atoms in total. The summed E-state index contributed by atoms with van der Waals surface area (Å²) in [6.45, 7) is 9.26. The maximum absolute atomic E-state index is 6.04. The van der Waals surface area contributed by atoms with Crippen LogP contribution in [0.1, 0.15) is 27.7 Å². The van der Waals surface area contributed by atoms with Crippen molar-refractivity contribution < 1.29 is 18.9 Å². The molecular formula is C12H23BO4. The average molecular weight is 242 g/mol. The van der Waals surface area contributed by atoms with Crippen molar-refractivity contribution in [3.63, 3.8) is 0 Å². The Morgan fingerprint density at radius 1 is 1.29 bits per heavy atom. The molecule has 98 valence electrons. The second-order valence-electron chi connectivity index (χ2n) is 5.63. The van der Waals surface area contributed by atoms with Gasteiger partial charge in [-0.1, -0.05) is 0 Å². The van der Waals surface area contributed by atoms with Crippen molar-refractivity contribution in [2.24, 2.45) is 0 Å². The lowest BCUT2D eigenvalue weighted by atomic mass is 9.91. The van der Waals surface area contributed by atoms with E-state index in [0.29, 0.717) is 13.2 Å². The van der Waals surface area contributed by atoms with Crippen molar-refractivity contribution in [3.8, 4) is 0 Å². The van der Waals surface area contributed by atoms with Gasteiger partial charge < -0.3 is 18.9 Å². The lowest BCUT2D eigenvalue weighted by Crippen LogP contribution is -2.47. The Kier molecular flexibility index (Phi) is 3.83. The van der Waals surface area contributed by atoms with Crippen LogP contribution in [-0.4, -0.2) is 57.1 Å². The average Bonchev–Trinajstić information content (AvgIpc) is 2.67. The Morgan fingerprint density at radius 3 is 2.53 bits per heavy atom. The molecule has 0 aliphatic carbocycles. The van der Waals surface area contributed by atoms with E-state index in [1.165, 1.54) is 0 Å². The van der Waals surface area contributed by atoms with Crippen LogP contribution in [0, 0.1) is 0 Å². The van der Waals surface area contributed by atoms with E-state index in [0.717, 1.165) is 0 Å². The fraction of sp³-hybridized carbons (Fsp3) is 1.00. The molecule has 0 aromatic heterocycles. The van der Waals surface area contributed by atoms with Crippen LogP contribution < -0.4 is 0 Å². The fourth-order valence-corrected chi connectivity index (χ4v) is 2.59. The van der Waals surface area contributed by atoms with Gasteiger partial charge in [-0.3, -0.25) is 0 Å². The minimum absolute atomic E-state index is 0.00347. The zero-order chi connectivity index (χ0) is 12.6. The Labute approximate surface area is 104 Å². The number of fused-ring (bicyclic) bond motifs is 2. The summed E-state index contributed by atoms with van der Waals surface area (Å²) in [7, 11) is 2.04. The molecule has 2 aliphatic rings. The van der Waals surface area contributed by atoms with Crippen LogP contribution in [0.15, 0.2) is 0 Å². The molecule has 2 saturated heterocycles. The number of hydrogen-bond donors (Lipinski definition) is 0. The Bertz CT molecular complexity index is 271. The van der Waals surface area contributed by atoms with Gasteiger partial charge in [-0.05, 0) is 27.7 Å². The topological polar surface area (TPSA) is 36.9 Å². The number of ether oxygens (including phenoxy) is 4. The highest BCUT2D eigenvalue weighted by molar-refractivity contribution is 6.11. The molecule has 2 fully saturated rings. The highest BCUT2D eigenvalue weighted by Crippen LogP contribution is 2.41. The van der Waals surface area contributed by atoms with Gasteiger partial charge in [-0.25, -0.2) is 0 Å². The highest BCUT2D eigenvalue weighted by atomic mass is 16.7. The SMILES string of the molecule is B[C@@H]1O[C@]2(COC(C)C)CO[C@H]1C2OC(C)C. The summed E-state index contributed by atoms with van der Waals surface area (Å²) in [5.74, 6) is 0. The predicted octanol–water partition coefficient (Wildman–Crippen LogP) is 0.332. The fourth-order valence-electron chi connectivity index (χ4n) is 2.59. The van der Waals surface area contributed by atoms with E-state index in [4.69, 9.17) is 18.9 Å². The first kappa shape index (κ1) is 13.3. The van der Waals surface area contributed by atoms with Gasteiger partial charge in [0.05, 0.1) is 31.4 Å².